The van der Waals surface area contributed by atoms with E-state index >= 15 is 0 Å². The Balaban J connectivity index is 1.30. The molecule has 2 fully saturated rings. The van der Waals surface area contributed by atoms with Gasteiger partial charge in [0.15, 0.2) is 5.58 Å². The summed E-state index contributed by atoms with van der Waals surface area (Å²) in [6.07, 6.45) is 4.38. The lowest BCUT2D eigenvalue weighted by atomic mass is 10.0. The van der Waals surface area contributed by atoms with E-state index in [-0.39, 0.29) is 30.4 Å². The highest BCUT2D eigenvalue weighted by Gasteiger charge is 2.26. The van der Waals surface area contributed by atoms with Crippen molar-refractivity contribution in [2.24, 2.45) is 0 Å². The van der Waals surface area contributed by atoms with Crippen molar-refractivity contribution in [1.29, 1.82) is 0 Å². The Morgan fingerprint density at radius 3 is 2.78 bits per heavy atom. The number of pyridine rings is 1. The Kier molecular flexibility index (Phi) is 7.78. The Bertz CT molecular complexity index is 1270. The van der Waals surface area contributed by atoms with Crippen molar-refractivity contribution in [3.8, 4) is 0 Å². The summed E-state index contributed by atoms with van der Waals surface area (Å²) in [5.74, 6) is -1.53. The number of fused-ring (bicyclic) bond motifs is 1. The molecule has 1 unspecified atom stereocenters. The predicted octanol–water partition coefficient (Wildman–Crippen LogP) is 2.74. The molecule has 2 aliphatic heterocycles. The number of hydrogen-bond acceptors (Lipinski definition) is 7. The molecule has 0 aliphatic carbocycles. The molecule has 10 heteroatoms. The molecule has 0 spiro atoms. The standard InChI is InChI=1S/C27H30FN3O6/c28-20-12-16(4-5-19(20)26(33)29-14-18-3-1-2-8-36-18)11-17-13-23(30-22-7-10-37-25(17)22)27(34)31-21-6-9-35-15-24(21)32/h4-5,7,10,12-13,18,21,24,32H,1-3,6,8-9,11,14-15H2,(H,29,33)(H,31,34)/t18?,21-,24-/m0/s1. The van der Waals surface area contributed by atoms with Gasteiger partial charge in [0, 0.05) is 37.8 Å². The summed E-state index contributed by atoms with van der Waals surface area (Å²) in [7, 11) is 0. The van der Waals surface area contributed by atoms with Crippen LogP contribution in [0.5, 0.6) is 0 Å². The van der Waals surface area contributed by atoms with Gasteiger partial charge in [0.25, 0.3) is 11.8 Å². The van der Waals surface area contributed by atoms with Crippen LogP contribution in [0.3, 0.4) is 0 Å². The largest absolute Gasteiger partial charge is 0.462 e. The molecule has 3 atom stereocenters. The topological polar surface area (TPSA) is 123 Å². The van der Waals surface area contributed by atoms with Gasteiger partial charge in [0.2, 0.25) is 0 Å². The lowest BCUT2D eigenvalue weighted by molar-refractivity contribution is -0.0261. The maximum absolute atomic E-state index is 14.9. The molecule has 2 aromatic heterocycles. The van der Waals surface area contributed by atoms with Gasteiger partial charge in [-0.3, -0.25) is 9.59 Å². The molecule has 3 aromatic rings. The smallest absolute Gasteiger partial charge is 0.270 e. The highest BCUT2D eigenvalue weighted by atomic mass is 19.1. The number of benzene rings is 1. The monoisotopic (exact) mass is 511 g/mol. The van der Waals surface area contributed by atoms with Crippen molar-refractivity contribution >= 4 is 22.9 Å². The molecular weight excluding hydrogens is 481 g/mol. The van der Waals surface area contributed by atoms with E-state index in [4.69, 9.17) is 13.9 Å². The first-order valence-corrected chi connectivity index (χ1v) is 12.6. The molecule has 3 N–H and O–H groups in total. The van der Waals surface area contributed by atoms with Gasteiger partial charge in [-0.25, -0.2) is 9.37 Å². The number of aromatic nitrogens is 1. The number of rotatable bonds is 7. The number of carbonyl (C=O) groups excluding carboxylic acids is 2. The van der Waals surface area contributed by atoms with Crippen molar-refractivity contribution in [3.05, 3.63) is 64.8 Å². The van der Waals surface area contributed by atoms with E-state index in [1.54, 1.807) is 18.2 Å². The molecule has 2 aliphatic rings. The molecule has 0 saturated carbocycles. The van der Waals surface area contributed by atoms with Crippen molar-refractivity contribution in [2.45, 2.75) is 50.4 Å². The number of nitrogens with one attached hydrogen (secondary N) is 2. The summed E-state index contributed by atoms with van der Waals surface area (Å²) in [6.45, 7) is 1.65. The first kappa shape index (κ1) is 25.3. The Labute approximate surface area is 213 Å². The van der Waals surface area contributed by atoms with Gasteiger partial charge in [-0.2, -0.15) is 0 Å². The van der Waals surface area contributed by atoms with Gasteiger partial charge in [0.1, 0.15) is 17.0 Å². The number of halogens is 1. The summed E-state index contributed by atoms with van der Waals surface area (Å²) >= 11 is 0. The molecule has 1 aromatic carbocycles. The Hall–Kier alpha value is -3.34. The molecule has 9 nitrogen and oxygen atoms in total. The van der Waals surface area contributed by atoms with Crippen LogP contribution in [0.15, 0.2) is 41.0 Å². The fourth-order valence-electron chi connectivity index (χ4n) is 4.75. The molecule has 37 heavy (non-hydrogen) atoms. The zero-order valence-corrected chi connectivity index (χ0v) is 20.4. The molecule has 196 valence electrons. The number of furan rings is 1. The number of carbonyl (C=O) groups is 2. The molecule has 2 saturated heterocycles. The van der Waals surface area contributed by atoms with Gasteiger partial charge in [-0.15, -0.1) is 0 Å². The van der Waals surface area contributed by atoms with Crippen LogP contribution in [0.2, 0.25) is 0 Å². The number of hydrogen-bond donors (Lipinski definition) is 3. The first-order valence-electron chi connectivity index (χ1n) is 12.6. The normalized spacial score (nSPS) is 22.1. The van der Waals surface area contributed by atoms with E-state index in [1.165, 1.54) is 18.4 Å². The van der Waals surface area contributed by atoms with E-state index in [9.17, 15) is 19.1 Å². The third-order valence-corrected chi connectivity index (χ3v) is 6.80. The molecule has 0 bridgehead atoms. The van der Waals surface area contributed by atoms with Crippen LogP contribution in [0.1, 0.15) is 57.7 Å². The number of aliphatic hydroxyl groups excluding tert-OH is 1. The van der Waals surface area contributed by atoms with Crippen LogP contribution in [0.25, 0.3) is 11.1 Å². The number of amides is 2. The zero-order chi connectivity index (χ0) is 25.8. The molecule has 4 heterocycles. The van der Waals surface area contributed by atoms with Crippen LogP contribution in [0, 0.1) is 5.82 Å². The lowest BCUT2D eigenvalue weighted by Gasteiger charge is -2.28. The predicted molar refractivity (Wildman–Crippen MR) is 132 cm³/mol. The van der Waals surface area contributed by atoms with Crippen LogP contribution in [0.4, 0.5) is 4.39 Å². The van der Waals surface area contributed by atoms with Gasteiger partial charge in [0.05, 0.1) is 36.7 Å². The van der Waals surface area contributed by atoms with Crippen molar-refractivity contribution in [1.82, 2.24) is 15.6 Å². The maximum Gasteiger partial charge on any atom is 0.270 e. The molecule has 2 amide bonds. The summed E-state index contributed by atoms with van der Waals surface area (Å²) in [5, 5.41) is 15.7. The number of aliphatic hydroxyl groups is 1. The molecular formula is C27H30FN3O6. The highest BCUT2D eigenvalue weighted by Crippen LogP contribution is 2.24. The van der Waals surface area contributed by atoms with Crippen LogP contribution in [-0.4, -0.2) is 66.5 Å². The van der Waals surface area contributed by atoms with Crippen molar-refractivity contribution in [3.63, 3.8) is 0 Å². The van der Waals surface area contributed by atoms with E-state index in [0.717, 1.165) is 19.3 Å². The van der Waals surface area contributed by atoms with E-state index < -0.39 is 29.8 Å². The minimum Gasteiger partial charge on any atom is -0.462 e. The minimum atomic E-state index is -0.788. The van der Waals surface area contributed by atoms with Gasteiger partial charge in [-0.1, -0.05) is 6.07 Å². The number of ether oxygens (including phenoxy) is 2. The average Bonchev–Trinajstić information content (AvgIpc) is 3.38. The highest BCUT2D eigenvalue weighted by molar-refractivity contribution is 5.95. The van der Waals surface area contributed by atoms with Crippen molar-refractivity contribution in [2.75, 3.05) is 26.4 Å². The van der Waals surface area contributed by atoms with Crippen LogP contribution < -0.4 is 10.6 Å². The number of nitrogens with zero attached hydrogens (tertiary/aromatic N) is 1. The van der Waals surface area contributed by atoms with Crippen LogP contribution in [-0.2, 0) is 15.9 Å². The van der Waals surface area contributed by atoms with E-state index in [1.807, 2.05) is 0 Å². The van der Waals surface area contributed by atoms with Gasteiger partial charge in [-0.05, 0) is 49.4 Å². The van der Waals surface area contributed by atoms with Gasteiger partial charge < -0.3 is 29.6 Å². The molecule has 5 rings (SSSR count). The fraction of sp³-hybridized carbons (Fsp3) is 0.444. The second-order valence-electron chi connectivity index (χ2n) is 9.50. The second kappa shape index (κ2) is 11.4. The average molecular weight is 512 g/mol. The van der Waals surface area contributed by atoms with Gasteiger partial charge >= 0.3 is 0 Å². The summed E-state index contributed by atoms with van der Waals surface area (Å²) < 4.78 is 31.3. The third-order valence-electron chi connectivity index (χ3n) is 6.80. The quantitative estimate of drug-likeness (QED) is 0.446. The van der Waals surface area contributed by atoms with E-state index in [0.29, 0.717) is 48.4 Å². The van der Waals surface area contributed by atoms with Crippen LogP contribution >= 0.6 is 0 Å². The summed E-state index contributed by atoms with van der Waals surface area (Å²) in [4.78, 5) is 29.8. The maximum atomic E-state index is 14.9. The Morgan fingerprint density at radius 1 is 1.11 bits per heavy atom. The first-order chi connectivity index (χ1) is 18.0. The Morgan fingerprint density at radius 2 is 2.00 bits per heavy atom. The van der Waals surface area contributed by atoms with Crippen molar-refractivity contribution < 1.29 is 33.0 Å². The SMILES string of the molecule is O=C(N[C@H]1CCOC[C@@H]1O)c1cc(Cc2ccc(C(=O)NCC3CCCCO3)c(F)c2)c2occc2n1. The second-order valence-corrected chi connectivity index (χ2v) is 9.50. The fourth-order valence-corrected chi connectivity index (χ4v) is 4.75. The minimum absolute atomic E-state index is 0.0347. The zero-order valence-electron chi connectivity index (χ0n) is 20.4. The molecule has 0 radical (unpaired) electrons. The summed E-state index contributed by atoms with van der Waals surface area (Å²) in [6, 6.07) is 7.30. The summed E-state index contributed by atoms with van der Waals surface area (Å²) in [5.41, 5.74) is 2.39. The third kappa shape index (κ3) is 5.98. The lowest BCUT2D eigenvalue weighted by Crippen LogP contribution is -2.48. The van der Waals surface area contributed by atoms with E-state index in [2.05, 4.69) is 15.6 Å².